The van der Waals surface area contributed by atoms with E-state index in [4.69, 9.17) is 9.84 Å². The summed E-state index contributed by atoms with van der Waals surface area (Å²) in [5.74, 6) is -0.881. The van der Waals surface area contributed by atoms with Gasteiger partial charge in [0.25, 0.3) is 0 Å². The third kappa shape index (κ3) is 5.16. The Hall–Kier alpha value is -1.14. The molecule has 1 aliphatic heterocycles. The third-order valence-electron chi connectivity index (χ3n) is 3.50. The van der Waals surface area contributed by atoms with Gasteiger partial charge in [0.2, 0.25) is 5.91 Å². The smallest absolute Gasteiger partial charge is 0.306 e. The Labute approximate surface area is 114 Å². The van der Waals surface area contributed by atoms with Crippen LogP contribution in [0.5, 0.6) is 0 Å². The number of amides is 1. The number of nitrogens with one attached hydrogen (secondary N) is 1. The summed E-state index contributed by atoms with van der Waals surface area (Å²) >= 11 is 0. The molecule has 1 saturated heterocycles. The van der Waals surface area contributed by atoms with Crippen LogP contribution in [0.4, 0.5) is 0 Å². The molecular weight excluding hydrogens is 248 g/mol. The molecule has 0 aromatic heterocycles. The number of nitrogens with zero attached hydrogens (tertiary/aromatic N) is 1. The van der Waals surface area contributed by atoms with Crippen LogP contribution in [0.1, 0.15) is 33.6 Å². The molecule has 0 bridgehead atoms. The van der Waals surface area contributed by atoms with E-state index in [1.54, 1.807) is 0 Å². The van der Waals surface area contributed by atoms with Crippen molar-refractivity contribution >= 4 is 11.9 Å². The second-order valence-electron chi connectivity index (χ2n) is 5.08. The molecular formula is C13H24N2O4. The van der Waals surface area contributed by atoms with Crippen LogP contribution in [0.2, 0.25) is 0 Å². The predicted molar refractivity (Wildman–Crippen MR) is 70.9 cm³/mol. The number of carboxylic acid groups (broad SMARTS) is 1. The van der Waals surface area contributed by atoms with Crippen molar-refractivity contribution in [2.45, 2.75) is 51.8 Å². The molecule has 3 atom stereocenters. The molecule has 1 fully saturated rings. The molecule has 2 N–H and O–H groups in total. The number of aliphatic carboxylic acids is 1. The average Bonchev–Trinajstić information content (AvgIpc) is 2.37. The molecule has 19 heavy (non-hydrogen) atoms. The summed E-state index contributed by atoms with van der Waals surface area (Å²) in [6, 6.07) is -0.0972. The van der Waals surface area contributed by atoms with Crippen molar-refractivity contribution in [1.82, 2.24) is 10.2 Å². The van der Waals surface area contributed by atoms with E-state index in [-0.39, 0.29) is 30.5 Å². The minimum Gasteiger partial charge on any atom is -0.481 e. The molecule has 0 radical (unpaired) electrons. The van der Waals surface area contributed by atoms with Gasteiger partial charge in [-0.05, 0) is 20.3 Å². The molecule has 0 aliphatic carbocycles. The van der Waals surface area contributed by atoms with Gasteiger partial charge in [0, 0.05) is 19.1 Å². The van der Waals surface area contributed by atoms with E-state index in [1.807, 2.05) is 25.7 Å². The van der Waals surface area contributed by atoms with Gasteiger partial charge in [-0.3, -0.25) is 14.5 Å². The van der Waals surface area contributed by atoms with E-state index in [9.17, 15) is 9.59 Å². The second-order valence-corrected chi connectivity index (χ2v) is 5.08. The molecule has 110 valence electrons. The van der Waals surface area contributed by atoms with Crippen molar-refractivity contribution in [3.63, 3.8) is 0 Å². The van der Waals surface area contributed by atoms with E-state index in [0.29, 0.717) is 19.7 Å². The second kappa shape index (κ2) is 7.45. The molecule has 6 heteroatoms. The number of carbonyl (C=O) groups is 2. The van der Waals surface area contributed by atoms with Crippen molar-refractivity contribution in [3.05, 3.63) is 0 Å². The highest BCUT2D eigenvalue weighted by Crippen LogP contribution is 2.12. The van der Waals surface area contributed by atoms with Gasteiger partial charge in [-0.1, -0.05) is 6.92 Å². The van der Waals surface area contributed by atoms with Crippen molar-refractivity contribution in [3.8, 4) is 0 Å². The molecule has 1 rings (SSSR count). The Bertz CT molecular complexity index is 322. The highest BCUT2D eigenvalue weighted by atomic mass is 16.5. The minimum absolute atomic E-state index is 0.00896. The van der Waals surface area contributed by atoms with Crippen LogP contribution in [0, 0.1) is 0 Å². The fourth-order valence-electron chi connectivity index (χ4n) is 2.04. The van der Waals surface area contributed by atoms with Crippen LogP contribution < -0.4 is 5.32 Å². The predicted octanol–water partition coefficient (Wildman–Crippen LogP) is 0.465. The molecule has 3 unspecified atom stereocenters. The standard InChI is InChI=1S/C13H24N2O4/c1-4-9(2)14-13(18)10(3)15-5-6-19-11(8-15)7-12(16)17/h9-11H,4-8H2,1-3H3,(H,14,18)(H,16,17). The number of carboxylic acids is 1. The van der Waals surface area contributed by atoms with Gasteiger partial charge in [0.15, 0.2) is 0 Å². The molecule has 0 saturated carbocycles. The first kappa shape index (κ1) is 15.9. The van der Waals surface area contributed by atoms with Crippen LogP contribution in [0.3, 0.4) is 0 Å². The van der Waals surface area contributed by atoms with E-state index < -0.39 is 5.97 Å². The first-order valence-electron chi connectivity index (χ1n) is 6.81. The lowest BCUT2D eigenvalue weighted by atomic mass is 10.1. The van der Waals surface area contributed by atoms with Crippen molar-refractivity contribution < 1.29 is 19.4 Å². The summed E-state index contributed by atoms with van der Waals surface area (Å²) in [6.45, 7) is 7.46. The lowest BCUT2D eigenvalue weighted by Gasteiger charge is -2.36. The van der Waals surface area contributed by atoms with Crippen LogP contribution in [-0.4, -0.2) is 59.8 Å². The highest BCUT2D eigenvalue weighted by molar-refractivity contribution is 5.81. The number of hydrogen-bond donors (Lipinski definition) is 2. The molecule has 0 aromatic rings. The maximum Gasteiger partial charge on any atom is 0.306 e. The number of rotatable bonds is 6. The average molecular weight is 272 g/mol. The highest BCUT2D eigenvalue weighted by Gasteiger charge is 2.29. The van der Waals surface area contributed by atoms with Crippen LogP contribution in [0.15, 0.2) is 0 Å². The fraction of sp³-hybridized carbons (Fsp3) is 0.846. The monoisotopic (exact) mass is 272 g/mol. The number of ether oxygens (including phenoxy) is 1. The summed E-state index contributed by atoms with van der Waals surface area (Å²) in [5, 5.41) is 11.7. The largest absolute Gasteiger partial charge is 0.481 e. The van der Waals surface area contributed by atoms with E-state index >= 15 is 0 Å². The maximum atomic E-state index is 12.0. The molecule has 0 aromatic carbocycles. The topological polar surface area (TPSA) is 78.9 Å². The van der Waals surface area contributed by atoms with Gasteiger partial charge in [0.05, 0.1) is 25.2 Å². The van der Waals surface area contributed by atoms with Crippen molar-refractivity contribution in [1.29, 1.82) is 0 Å². The zero-order valence-corrected chi connectivity index (χ0v) is 11.9. The number of carbonyl (C=O) groups excluding carboxylic acids is 1. The van der Waals surface area contributed by atoms with Gasteiger partial charge in [0.1, 0.15) is 0 Å². The normalized spacial score (nSPS) is 23.6. The summed E-state index contributed by atoms with van der Waals surface area (Å²) in [7, 11) is 0. The Kier molecular flexibility index (Phi) is 6.24. The summed E-state index contributed by atoms with van der Waals surface area (Å²) in [6.07, 6.45) is 0.546. The van der Waals surface area contributed by atoms with Crippen LogP contribution in [0.25, 0.3) is 0 Å². The third-order valence-corrected chi connectivity index (χ3v) is 3.50. The van der Waals surface area contributed by atoms with E-state index in [1.165, 1.54) is 0 Å². The van der Waals surface area contributed by atoms with E-state index in [0.717, 1.165) is 6.42 Å². The van der Waals surface area contributed by atoms with Crippen LogP contribution in [-0.2, 0) is 14.3 Å². The molecule has 1 aliphatic rings. The lowest BCUT2D eigenvalue weighted by molar-refractivity contribution is -0.143. The summed E-state index contributed by atoms with van der Waals surface area (Å²) in [5.41, 5.74) is 0. The van der Waals surface area contributed by atoms with Gasteiger partial charge in [-0.25, -0.2) is 0 Å². The Morgan fingerprint density at radius 1 is 1.47 bits per heavy atom. The Morgan fingerprint density at radius 2 is 2.16 bits per heavy atom. The maximum absolute atomic E-state index is 12.0. The first-order valence-corrected chi connectivity index (χ1v) is 6.81. The Balaban J connectivity index is 2.49. The van der Waals surface area contributed by atoms with E-state index in [2.05, 4.69) is 5.32 Å². The number of hydrogen-bond acceptors (Lipinski definition) is 4. The molecule has 1 amide bonds. The fourth-order valence-corrected chi connectivity index (χ4v) is 2.04. The molecule has 6 nitrogen and oxygen atoms in total. The van der Waals surface area contributed by atoms with Crippen molar-refractivity contribution in [2.75, 3.05) is 19.7 Å². The Morgan fingerprint density at radius 3 is 2.74 bits per heavy atom. The SMILES string of the molecule is CCC(C)NC(=O)C(C)N1CCOC(CC(=O)O)C1. The lowest BCUT2D eigenvalue weighted by Crippen LogP contribution is -2.53. The van der Waals surface area contributed by atoms with Crippen LogP contribution >= 0.6 is 0 Å². The summed E-state index contributed by atoms with van der Waals surface area (Å²) < 4.78 is 5.40. The quantitative estimate of drug-likeness (QED) is 0.734. The van der Waals surface area contributed by atoms with Gasteiger partial charge in [-0.2, -0.15) is 0 Å². The van der Waals surface area contributed by atoms with Gasteiger partial charge >= 0.3 is 5.97 Å². The molecule has 1 heterocycles. The zero-order chi connectivity index (χ0) is 14.4. The summed E-state index contributed by atoms with van der Waals surface area (Å²) in [4.78, 5) is 24.7. The van der Waals surface area contributed by atoms with Gasteiger partial charge in [-0.15, -0.1) is 0 Å². The zero-order valence-electron chi connectivity index (χ0n) is 11.9. The minimum atomic E-state index is -0.872. The van der Waals surface area contributed by atoms with Gasteiger partial charge < -0.3 is 15.2 Å². The molecule has 0 spiro atoms. The first-order chi connectivity index (χ1) is 8.93. The number of morpholine rings is 1. The van der Waals surface area contributed by atoms with Crippen molar-refractivity contribution in [2.24, 2.45) is 0 Å².